The maximum absolute atomic E-state index is 6.05. The number of anilines is 2. The average Bonchev–Trinajstić information content (AvgIpc) is 2.41. The summed E-state index contributed by atoms with van der Waals surface area (Å²) in [6.07, 6.45) is 4.80. The summed E-state index contributed by atoms with van der Waals surface area (Å²) in [6.45, 7) is 5.52. The van der Waals surface area contributed by atoms with E-state index < -0.39 is 0 Å². The highest BCUT2D eigenvalue weighted by atomic mass is 15.1. The van der Waals surface area contributed by atoms with E-state index in [1.807, 2.05) is 18.3 Å². The fourth-order valence-corrected chi connectivity index (χ4v) is 2.75. The first kappa shape index (κ1) is 15.6. The molecule has 0 aliphatic carbocycles. The summed E-state index contributed by atoms with van der Waals surface area (Å²) in [7, 11) is 4.22. The molecule has 0 spiro atoms. The molecule has 1 atom stereocenters. The van der Waals surface area contributed by atoms with Crippen LogP contribution in [0.25, 0.3) is 10.8 Å². The van der Waals surface area contributed by atoms with Crippen LogP contribution in [0.5, 0.6) is 0 Å². The first-order valence-corrected chi connectivity index (χ1v) is 7.51. The molecule has 0 saturated carbocycles. The standard InChI is InChI=1S/C17H26N4/c1-12(2)9-13(11-21(3)4)20-17-6-5-16(18)14-7-8-19-10-15(14)17/h5-8,10,12-13,20H,9,11,18H2,1-4H3. The molecule has 4 nitrogen and oxygen atoms in total. The summed E-state index contributed by atoms with van der Waals surface area (Å²) < 4.78 is 0. The van der Waals surface area contributed by atoms with Gasteiger partial charge >= 0.3 is 0 Å². The normalized spacial score (nSPS) is 13.0. The Kier molecular flexibility index (Phi) is 5.02. The first-order valence-electron chi connectivity index (χ1n) is 7.51. The van der Waals surface area contributed by atoms with E-state index >= 15 is 0 Å². The van der Waals surface area contributed by atoms with Crippen LogP contribution in [0, 0.1) is 5.92 Å². The van der Waals surface area contributed by atoms with Crippen LogP contribution in [0.1, 0.15) is 20.3 Å². The van der Waals surface area contributed by atoms with Crippen LogP contribution in [0.3, 0.4) is 0 Å². The zero-order valence-electron chi connectivity index (χ0n) is 13.4. The minimum atomic E-state index is 0.409. The minimum Gasteiger partial charge on any atom is -0.398 e. The third kappa shape index (κ3) is 4.08. The second kappa shape index (κ2) is 6.76. The number of nitrogen functional groups attached to an aromatic ring is 1. The van der Waals surface area contributed by atoms with E-state index in [1.54, 1.807) is 6.20 Å². The first-order chi connectivity index (χ1) is 9.97. The third-order valence-electron chi connectivity index (χ3n) is 3.55. The molecule has 0 bridgehead atoms. The number of nitrogens with two attached hydrogens (primary N) is 1. The van der Waals surface area contributed by atoms with Gasteiger partial charge in [0.1, 0.15) is 0 Å². The fraction of sp³-hybridized carbons (Fsp3) is 0.471. The quantitative estimate of drug-likeness (QED) is 0.801. The van der Waals surface area contributed by atoms with Gasteiger partial charge in [-0.15, -0.1) is 0 Å². The molecular formula is C17H26N4. The number of hydrogen-bond acceptors (Lipinski definition) is 4. The lowest BCUT2D eigenvalue weighted by Gasteiger charge is -2.25. The van der Waals surface area contributed by atoms with Crippen molar-refractivity contribution in [3.63, 3.8) is 0 Å². The van der Waals surface area contributed by atoms with Crippen LogP contribution in [0.2, 0.25) is 0 Å². The van der Waals surface area contributed by atoms with Crippen molar-refractivity contribution in [2.24, 2.45) is 5.92 Å². The summed E-state index contributed by atoms with van der Waals surface area (Å²) in [5, 5.41) is 5.82. The van der Waals surface area contributed by atoms with Gasteiger partial charge in [0.2, 0.25) is 0 Å². The van der Waals surface area contributed by atoms with E-state index in [0.717, 1.165) is 35.1 Å². The largest absolute Gasteiger partial charge is 0.398 e. The second-order valence-electron chi connectivity index (χ2n) is 6.36. The number of nitrogens with one attached hydrogen (secondary N) is 1. The summed E-state index contributed by atoms with van der Waals surface area (Å²) in [5.74, 6) is 0.653. The minimum absolute atomic E-state index is 0.409. The zero-order valence-corrected chi connectivity index (χ0v) is 13.4. The smallest absolute Gasteiger partial charge is 0.0439 e. The predicted molar refractivity (Wildman–Crippen MR) is 91.6 cm³/mol. The molecule has 4 heteroatoms. The molecule has 0 aliphatic heterocycles. The van der Waals surface area contributed by atoms with E-state index in [-0.39, 0.29) is 0 Å². The lowest BCUT2D eigenvalue weighted by Crippen LogP contribution is -2.33. The number of pyridine rings is 1. The van der Waals surface area contributed by atoms with Gasteiger partial charge in [-0.2, -0.15) is 0 Å². The molecule has 1 heterocycles. The molecule has 0 fully saturated rings. The number of rotatable bonds is 6. The monoisotopic (exact) mass is 286 g/mol. The van der Waals surface area contributed by atoms with Crippen molar-refractivity contribution >= 4 is 22.1 Å². The molecule has 21 heavy (non-hydrogen) atoms. The van der Waals surface area contributed by atoms with Gasteiger partial charge in [-0.05, 0) is 44.6 Å². The Morgan fingerprint density at radius 1 is 1.19 bits per heavy atom. The Hall–Kier alpha value is -1.81. The van der Waals surface area contributed by atoms with Crippen LogP contribution >= 0.6 is 0 Å². The molecule has 1 aromatic carbocycles. The third-order valence-corrected chi connectivity index (χ3v) is 3.55. The van der Waals surface area contributed by atoms with E-state index in [9.17, 15) is 0 Å². The van der Waals surface area contributed by atoms with Gasteiger partial charge < -0.3 is 16.0 Å². The Bertz CT molecular complexity index is 582. The number of hydrogen-bond donors (Lipinski definition) is 2. The van der Waals surface area contributed by atoms with Crippen LogP contribution in [0.15, 0.2) is 30.6 Å². The highest BCUT2D eigenvalue weighted by Crippen LogP contribution is 2.28. The van der Waals surface area contributed by atoms with E-state index in [2.05, 4.69) is 49.2 Å². The number of aromatic nitrogens is 1. The van der Waals surface area contributed by atoms with Gasteiger partial charge in [-0.1, -0.05) is 13.8 Å². The van der Waals surface area contributed by atoms with Crippen LogP contribution in [0.4, 0.5) is 11.4 Å². The zero-order chi connectivity index (χ0) is 15.4. The van der Waals surface area contributed by atoms with Crippen molar-refractivity contribution < 1.29 is 0 Å². The maximum atomic E-state index is 6.05. The van der Waals surface area contributed by atoms with Gasteiger partial charge in [0.05, 0.1) is 0 Å². The SMILES string of the molecule is CC(C)CC(CN(C)C)Nc1ccc(N)c2ccncc12. The van der Waals surface area contributed by atoms with Crippen molar-refractivity contribution in [2.45, 2.75) is 26.3 Å². The molecule has 1 aromatic heterocycles. The summed E-state index contributed by atoms with van der Waals surface area (Å²) in [4.78, 5) is 6.46. The molecule has 0 aliphatic rings. The summed E-state index contributed by atoms with van der Waals surface area (Å²) in [5.41, 5.74) is 7.96. The van der Waals surface area contributed by atoms with Gasteiger partial charge in [-0.3, -0.25) is 4.98 Å². The van der Waals surface area contributed by atoms with Gasteiger partial charge in [-0.25, -0.2) is 0 Å². The molecule has 2 rings (SSSR count). The molecule has 0 radical (unpaired) electrons. The molecule has 1 unspecified atom stereocenters. The molecule has 114 valence electrons. The average molecular weight is 286 g/mol. The number of fused-ring (bicyclic) bond motifs is 1. The topological polar surface area (TPSA) is 54.2 Å². The summed E-state index contributed by atoms with van der Waals surface area (Å²) >= 11 is 0. The molecule has 2 aromatic rings. The van der Waals surface area contributed by atoms with Gasteiger partial charge in [0, 0.05) is 47.1 Å². The Balaban J connectivity index is 2.30. The lowest BCUT2D eigenvalue weighted by molar-refractivity contribution is 0.356. The van der Waals surface area contributed by atoms with Crippen molar-refractivity contribution in [3.8, 4) is 0 Å². The Morgan fingerprint density at radius 3 is 2.62 bits per heavy atom. The number of benzene rings is 1. The van der Waals surface area contributed by atoms with Crippen LogP contribution in [-0.4, -0.2) is 36.6 Å². The maximum Gasteiger partial charge on any atom is 0.0439 e. The molecule has 0 saturated heterocycles. The van der Waals surface area contributed by atoms with Crippen molar-refractivity contribution in [1.29, 1.82) is 0 Å². The van der Waals surface area contributed by atoms with Crippen LogP contribution < -0.4 is 11.1 Å². The van der Waals surface area contributed by atoms with E-state index in [0.29, 0.717) is 12.0 Å². The van der Waals surface area contributed by atoms with E-state index in [4.69, 9.17) is 5.73 Å². The predicted octanol–water partition coefficient (Wildman–Crippen LogP) is 3.21. The van der Waals surface area contributed by atoms with Crippen LogP contribution in [-0.2, 0) is 0 Å². The molecule has 3 N–H and O–H groups in total. The van der Waals surface area contributed by atoms with Crippen molar-refractivity contribution in [1.82, 2.24) is 9.88 Å². The Labute approximate surface area is 127 Å². The Morgan fingerprint density at radius 2 is 1.95 bits per heavy atom. The molecule has 0 amide bonds. The summed E-state index contributed by atoms with van der Waals surface area (Å²) in [6, 6.07) is 6.40. The molecular weight excluding hydrogens is 260 g/mol. The number of likely N-dealkylation sites (N-methyl/N-ethyl adjacent to an activating group) is 1. The van der Waals surface area contributed by atoms with Gasteiger partial charge in [0.25, 0.3) is 0 Å². The van der Waals surface area contributed by atoms with Crippen molar-refractivity contribution in [3.05, 3.63) is 30.6 Å². The second-order valence-corrected chi connectivity index (χ2v) is 6.36. The lowest BCUT2D eigenvalue weighted by atomic mass is 10.0. The highest BCUT2D eigenvalue weighted by molar-refractivity contribution is 6.00. The fourth-order valence-electron chi connectivity index (χ4n) is 2.75. The number of nitrogens with zero attached hydrogens (tertiary/aromatic N) is 2. The van der Waals surface area contributed by atoms with Gasteiger partial charge in [0.15, 0.2) is 0 Å². The van der Waals surface area contributed by atoms with E-state index in [1.165, 1.54) is 0 Å². The highest BCUT2D eigenvalue weighted by Gasteiger charge is 2.14. The van der Waals surface area contributed by atoms with Crippen molar-refractivity contribution in [2.75, 3.05) is 31.7 Å².